The van der Waals surface area contributed by atoms with Crippen LogP contribution >= 0.6 is 0 Å². The molecule has 5 heterocycles. The van der Waals surface area contributed by atoms with E-state index in [1.165, 1.54) is 0 Å². The number of hydrogen-bond acceptors (Lipinski definition) is 7. The SMILES string of the molecule is CC(CC1CNCC1C1=NC2=CN(C3CCOCC3)CN2C(=O)N1)c1cncnc1. The van der Waals surface area contributed by atoms with Gasteiger partial charge in [-0.2, -0.15) is 0 Å². The van der Waals surface area contributed by atoms with Gasteiger partial charge in [0, 0.05) is 50.3 Å². The number of carbonyl (C=O) groups excluding carboxylic acids is 1. The molecular formula is C21H29N7O2. The molecule has 0 radical (unpaired) electrons. The monoisotopic (exact) mass is 411 g/mol. The molecule has 3 unspecified atom stereocenters. The van der Waals surface area contributed by atoms with Crippen LogP contribution < -0.4 is 10.6 Å². The van der Waals surface area contributed by atoms with Crippen LogP contribution in [0.15, 0.2) is 35.7 Å². The van der Waals surface area contributed by atoms with E-state index in [1.807, 2.05) is 12.4 Å². The van der Waals surface area contributed by atoms with Crippen molar-refractivity contribution in [3.8, 4) is 0 Å². The molecule has 30 heavy (non-hydrogen) atoms. The average molecular weight is 412 g/mol. The van der Waals surface area contributed by atoms with E-state index in [9.17, 15) is 4.79 Å². The summed E-state index contributed by atoms with van der Waals surface area (Å²) in [6.45, 7) is 6.10. The molecule has 0 aliphatic carbocycles. The molecule has 0 bridgehead atoms. The zero-order valence-electron chi connectivity index (χ0n) is 17.3. The molecule has 5 rings (SSSR count). The van der Waals surface area contributed by atoms with Crippen molar-refractivity contribution < 1.29 is 9.53 Å². The van der Waals surface area contributed by atoms with E-state index in [4.69, 9.17) is 9.73 Å². The number of fused-ring (bicyclic) bond motifs is 1. The first-order valence-corrected chi connectivity index (χ1v) is 10.9. The molecule has 0 spiro atoms. The molecule has 1 aromatic rings. The van der Waals surface area contributed by atoms with Crippen molar-refractivity contribution in [2.75, 3.05) is 33.0 Å². The second-order valence-electron chi connectivity index (χ2n) is 8.68. The largest absolute Gasteiger partial charge is 0.381 e. The molecule has 0 saturated carbocycles. The van der Waals surface area contributed by atoms with E-state index >= 15 is 0 Å². The number of ether oxygens (including phenoxy) is 1. The fourth-order valence-electron chi connectivity index (χ4n) is 4.95. The summed E-state index contributed by atoms with van der Waals surface area (Å²) < 4.78 is 5.48. The van der Waals surface area contributed by atoms with Gasteiger partial charge in [0.1, 0.15) is 18.8 Å². The quantitative estimate of drug-likeness (QED) is 0.762. The minimum absolute atomic E-state index is 0.0732. The van der Waals surface area contributed by atoms with E-state index in [-0.39, 0.29) is 11.9 Å². The van der Waals surface area contributed by atoms with Gasteiger partial charge in [-0.15, -0.1) is 0 Å². The minimum Gasteiger partial charge on any atom is -0.381 e. The number of aliphatic imine (C=N–C) groups is 1. The molecule has 3 atom stereocenters. The normalized spacial score (nSPS) is 28.1. The topological polar surface area (TPSA) is 95.0 Å². The van der Waals surface area contributed by atoms with Crippen LogP contribution in [-0.2, 0) is 4.74 Å². The molecule has 9 nitrogen and oxygen atoms in total. The predicted molar refractivity (Wildman–Crippen MR) is 111 cm³/mol. The smallest absolute Gasteiger partial charge is 0.329 e. The minimum atomic E-state index is -0.0732. The molecule has 4 aliphatic rings. The maximum atomic E-state index is 12.8. The number of hydrogen-bond donors (Lipinski definition) is 2. The van der Waals surface area contributed by atoms with Gasteiger partial charge in [-0.1, -0.05) is 6.92 Å². The van der Waals surface area contributed by atoms with Gasteiger partial charge in [-0.25, -0.2) is 19.8 Å². The van der Waals surface area contributed by atoms with Crippen LogP contribution in [0.25, 0.3) is 0 Å². The highest BCUT2D eigenvalue weighted by molar-refractivity contribution is 6.02. The van der Waals surface area contributed by atoms with Crippen molar-refractivity contribution in [2.24, 2.45) is 16.8 Å². The molecule has 160 valence electrons. The van der Waals surface area contributed by atoms with E-state index in [2.05, 4.69) is 38.6 Å². The Kier molecular flexibility index (Phi) is 5.39. The van der Waals surface area contributed by atoms with Gasteiger partial charge in [-0.05, 0) is 43.2 Å². The number of nitrogens with zero attached hydrogens (tertiary/aromatic N) is 5. The summed E-state index contributed by atoms with van der Waals surface area (Å²) in [5.74, 6) is 2.50. The first-order chi connectivity index (χ1) is 14.7. The van der Waals surface area contributed by atoms with Gasteiger partial charge in [0.25, 0.3) is 0 Å². The average Bonchev–Trinajstić information content (AvgIpc) is 3.42. The van der Waals surface area contributed by atoms with Gasteiger partial charge in [-0.3, -0.25) is 10.2 Å². The Labute approximate surface area is 176 Å². The Morgan fingerprint density at radius 3 is 2.83 bits per heavy atom. The highest BCUT2D eigenvalue weighted by Gasteiger charge is 2.39. The standard InChI is InChI=1S/C21H29N7O2/c1-14(16-8-23-12-24-9-16)6-15-7-22-10-18(15)20-25-19-11-27(13-28(19)21(29)26-20)17-2-4-30-5-3-17/h8-9,11-12,14-15,17-18,22H,2-7,10,13H2,1H3,(H,25,26,29). The summed E-state index contributed by atoms with van der Waals surface area (Å²) in [4.78, 5) is 30.0. The molecule has 0 aromatic carbocycles. The summed E-state index contributed by atoms with van der Waals surface area (Å²) in [7, 11) is 0. The molecule has 2 fully saturated rings. The lowest BCUT2D eigenvalue weighted by Gasteiger charge is -2.32. The Morgan fingerprint density at radius 1 is 1.23 bits per heavy atom. The van der Waals surface area contributed by atoms with Crippen LogP contribution in [0.2, 0.25) is 0 Å². The first kappa shape index (κ1) is 19.4. The van der Waals surface area contributed by atoms with E-state index in [1.54, 1.807) is 11.2 Å². The number of nitrogens with one attached hydrogen (secondary N) is 2. The highest BCUT2D eigenvalue weighted by Crippen LogP contribution is 2.32. The third-order valence-corrected chi connectivity index (χ3v) is 6.73. The molecule has 1 aromatic heterocycles. The molecule has 2 saturated heterocycles. The van der Waals surface area contributed by atoms with Gasteiger partial charge >= 0.3 is 6.03 Å². The number of aromatic nitrogens is 2. The Bertz CT molecular complexity index is 837. The third-order valence-electron chi connectivity index (χ3n) is 6.73. The van der Waals surface area contributed by atoms with Gasteiger partial charge in [0.05, 0.1) is 0 Å². The Balaban J connectivity index is 1.31. The van der Waals surface area contributed by atoms with Crippen molar-refractivity contribution in [1.29, 1.82) is 0 Å². The maximum absolute atomic E-state index is 12.8. The number of carbonyl (C=O) groups is 1. The lowest BCUT2D eigenvalue weighted by atomic mass is 9.84. The van der Waals surface area contributed by atoms with Crippen LogP contribution in [-0.4, -0.2) is 70.6 Å². The fraction of sp³-hybridized carbons (Fsp3) is 0.619. The second-order valence-corrected chi connectivity index (χ2v) is 8.68. The van der Waals surface area contributed by atoms with Gasteiger partial charge < -0.3 is 15.0 Å². The summed E-state index contributed by atoms with van der Waals surface area (Å²) in [6.07, 6.45) is 10.4. The van der Waals surface area contributed by atoms with Crippen LogP contribution in [0.1, 0.15) is 37.7 Å². The zero-order valence-corrected chi connectivity index (χ0v) is 17.3. The number of amides is 2. The van der Waals surface area contributed by atoms with Crippen molar-refractivity contribution in [2.45, 2.75) is 38.1 Å². The number of amidine groups is 1. The van der Waals surface area contributed by atoms with Crippen LogP contribution in [0.5, 0.6) is 0 Å². The maximum Gasteiger partial charge on any atom is 0.329 e. The molecular weight excluding hydrogens is 382 g/mol. The summed E-state index contributed by atoms with van der Waals surface area (Å²) in [5.41, 5.74) is 1.15. The second kappa shape index (κ2) is 8.31. The summed E-state index contributed by atoms with van der Waals surface area (Å²) in [6, 6.07) is 0.342. The molecule has 2 N–H and O–H groups in total. The summed E-state index contributed by atoms with van der Waals surface area (Å²) in [5, 5.41) is 6.57. The lowest BCUT2D eigenvalue weighted by Crippen LogP contribution is -2.50. The van der Waals surface area contributed by atoms with E-state index in [0.29, 0.717) is 24.5 Å². The Morgan fingerprint density at radius 2 is 2.03 bits per heavy atom. The summed E-state index contributed by atoms with van der Waals surface area (Å²) >= 11 is 0. The molecule has 4 aliphatic heterocycles. The lowest BCUT2D eigenvalue weighted by molar-refractivity contribution is 0.0459. The van der Waals surface area contributed by atoms with Crippen LogP contribution in [0.4, 0.5) is 4.79 Å². The third kappa shape index (κ3) is 3.79. The number of rotatable bonds is 5. The van der Waals surface area contributed by atoms with Crippen molar-refractivity contribution in [3.63, 3.8) is 0 Å². The van der Waals surface area contributed by atoms with Gasteiger partial charge in [0.15, 0.2) is 5.82 Å². The van der Waals surface area contributed by atoms with Crippen LogP contribution in [0, 0.1) is 11.8 Å². The molecule has 9 heteroatoms. The first-order valence-electron chi connectivity index (χ1n) is 10.9. The van der Waals surface area contributed by atoms with Crippen LogP contribution in [0.3, 0.4) is 0 Å². The Hall–Kier alpha value is -2.52. The molecule has 2 amide bonds. The number of urea groups is 1. The van der Waals surface area contributed by atoms with Gasteiger partial charge in [0.2, 0.25) is 0 Å². The zero-order chi connectivity index (χ0) is 20.5. The predicted octanol–water partition coefficient (Wildman–Crippen LogP) is 1.48. The van der Waals surface area contributed by atoms with Crippen molar-refractivity contribution >= 4 is 11.9 Å². The van der Waals surface area contributed by atoms with Crippen molar-refractivity contribution in [3.05, 3.63) is 36.3 Å². The van der Waals surface area contributed by atoms with E-state index < -0.39 is 0 Å². The fourth-order valence-corrected chi connectivity index (χ4v) is 4.95. The van der Waals surface area contributed by atoms with Crippen molar-refractivity contribution in [1.82, 2.24) is 30.4 Å². The highest BCUT2D eigenvalue weighted by atomic mass is 16.5. The van der Waals surface area contributed by atoms with E-state index in [0.717, 1.165) is 62.8 Å².